The Morgan fingerprint density at radius 3 is 1.86 bits per heavy atom. The number of phenols is 2. The van der Waals surface area contributed by atoms with Gasteiger partial charge in [0, 0.05) is 41.3 Å². The molecule has 0 saturated carbocycles. The summed E-state index contributed by atoms with van der Waals surface area (Å²) in [5, 5.41) is 75.6. The van der Waals surface area contributed by atoms with Crippen LogP contribution in [0.2, 0.25) is 0 Å². The maximum Gasteiger partial charge on any atom is 0.303 e. The van der Waals surface area contributed by atoms with Crippen LogP contribution in [-0.2, 0) is 23.7 Å². The Morgan fingerprint density at radius 1 is 0.800 bits per heavy atom. The molecule has 4 aromatic carbocycles. The van der Waals surface area contributed by atoms with Crippen molar-refractivity contribution in [2.75, 3.05) is 26.3 Å². The average Bonchev–Trinajstić information content (AvgIpc) is 3.11. The van der Waals surface area contributed by atoms with Crippen molar-refractivity contribution in [1.82, 2.24) is 0 Å². The first-order valence-electron chi connectivity index (χ1n) is 15.9. The van der Waals surface area contributed by atoms with Gasteiger partial charge in [0.1, 0.15) is 42.0 Å². The number of benzene rings is 4. The molecule has 14 nitrogen and oxygen atoms in total. The van der Waals surface area contributed by atoms with Crippen LogP contribution in [-0.4, -0.2) is 130 Å². The maximum absolute atomic E-state index is 11.7. The first-order chi connectivity index (χ1) is 24.1. The third kappa shape index (κ3) is 8.61. The summed E-state index contributed by atoms with van der Waals surface area (Å²) in [4.78, 5) is 20.5. The summed E-state index contributed by atoms with van der Waals surface area (Å²) in [7, 11) is 0. The van der Waals surface area contributed by atoms with Crippen molar-refractivity contribution >= 4 is 39.9 Å². The average molecular weight is 693 g/mol. The normalized spacial score (nSPS) is 23.0. The number of aliphatic imine (C=N–C) groups is 2. The van der Waals surface area contributed by atoms with Crippen molar-refractivity contribution in [2.24, 2.45) is 9.98 Å². The van der Waals surface area contributed by atoms with Gasteiger partial charge in [-0.2, -0.15) is 0 Å². The second-order valence-corrected chi connectivity index (χ2v) is 11.7. The number of nitrogens with zero attached hydrogens (tertiary/aromatic N) is 2. The fourth-order valence-corrected chi connectivity index (χ4v) is 5.74. The largest absolute Gasteiger partial charge is 0.507 e. The van der Waals surface area contributed by atoms with E-state index in [2.05, 4.69) is 9.98 Å². The van der Waals surface area contributed by atoms with Crippen LogP contribution in [0.4, 0.5) is 0 Å². The molecule has 50 heavy (non-hydrogen) atoms. The lowest BCUT2D eigenvalue weighted by Crippen LogP contribution is -2.61. The van der Waals surface area contributed by atoms with E-state index in [0.29, 0.717) is 27.3 Å². The van der Waals surface area contributed by atoms with Gasteiger partial charge in [-0.15, -0.1) is 0 Å². The van der Waals surface area contributed by atoms with Gasteiger partial charge < -0.3 is 54.7 Å². The molecular formula is C36H40N2O12. The Hall–Kier alpha value is -4.51. The third-order valence-electron chi connectivity index (χ3n) is 8.24. The molecule has 0 spiro atoms. The maximum atomic E-state index is 11.7. The summed E-state index contributed by atoms with van der Waals surface area (Å²) >= 11 is 0. The van der Waals surface area contributed by atoms with E-state index in [4.69, 9.17) is 18.9 Å². The number of carbonyl (C=O) groups is 1. The molecule has 0 amide bonds. The Kier molecular flexibility index (Phi) is 12.5. The molecule has 8 atom stereocenters. The van der Waals surface area contributed by atoms with Crippen molar-refractivity contribution in [3.05, 3.63) is 83.9 Å². The first kappa shape index (κ1) is 36.8. The summed E-state index contributed by atoms with van der Waals surface area (Å²) in [6, 6.07) is 20.8. The molecule has 4 aromatic rings. The summed E-state index contributed by atoms with van der Waals surface area (Å²) in [6.45, 7) is -0.764. The summed E-state index contributed by atoms with van der Waals surface area (Å²) in [5.74, 6) is -0.590. The number of fused-ring (bicyclic) bond motifs is 2. The van der Waals surface area contributed by atoms with Crippen LogP contribution in [0, 0.1) is 0 Å². The molecule has 5 rings (SSSR count). The lowest BCUT2D eigenvalue weighted by atomic mass is 9.99. The first-order valence-corrected chi connectivity index (χ1v) is 15.9. The van der Waals surface area contributed by atoms with E-state index in [1.807, 2.05) is 24.3 Å². The van der Waals surface area contributed by atoms with Crippen LogP contribution in [0.1, 0.15) is 18.1 Å². The number of carbonyl (C=O) groups excluding carboxylic acids is 1. The Balaban J connectivity index is 1.36. The van der Waals surface area contributed by atoms with Crippen LogP contribution in [0.15, 0.2) is 82.8 Å². The summed E-state index contributed by atoms with van der Waals surface area (Å²) < 4.78 is 22.5. The molecule has 1 fully saturated rings. The van der Waals surface area contributed by atoms with Gasteiger partial charge in [0.15, 0.2) is 18.7 Å². The van der Waals surface area contributed by atoms with E-state index in [9.17, 15) is 40.5 Å². The number of rotatable bonds is 14. The van der Waals surface area contributed by atoms with Crippen LogP contribution in [0.25, 0.3) is 21.5 Å². The predicted octanol–water partition coefficient (Wildman–Crippen LogP) is 1.39. The van der Waals surface area contributed by atoms with Crippen molar-refractivity contribution in [1.29, 1.82) is 0 Å². The fraction of sp³-hybridized carbons (Fsp3) is 0.361. The predicted molar refractivity (Wildman–Crippen MR) is 182 cm³/mol. The highest BCUT2D eigenvalue weighted by Gasteiger charge is 2.48. The van der Waals surface area contributed by atoms with Crippen LogP contribution in [0.3, 0.4) is 0 Å². The van der Waals surface area contributed by atoms with E-state index >= 15 is 0 Å². The smallest absolute Gasteiger partial charge is 0.303 e. The molecule has 0 radical (unpaired) electrons. The number of ether oxygens (including phenoxy) is 4. The number of phenolic OH excluding ortho intramolecular Hbond substituents is 2. The molecule has 1 aliphatic rings. The van der Waals surface area contributed by atoms with Gasteiger partial charge in [0.25, 0.3) is 0 Å². The Labute approximate surface area is 287 Å². The molecule has 266 valence electrons. The molecule has 0 aromatic heterocycles. The topological polar surface area (TPSA) is 220 Å². The van der Waals surface area contributed by atoms with E-state index < -0.39 is 68.4 Å². The van der Waals surface area contributed by atoms with Crippen LogP contribution >= 0.6 is 0 Å². The van der Waals surface area contributed by atoms with Crippen LogP contribution in [0.5, 0.6) is 11.5 Å². The number of aromatic hydroxyl groups is 2. The quantitative estimate of drug-likeness (QED) is 0.0567. The molecule has 7 N–H and O–H groups in total. The minimum absolute atomic E-state index is 0.0920. The summed E-state index contributed by atoms with van der Waals surface area (Å²) in [6.07, 6.45) is -8.69. The number of hydrogen-bond acceptors (Lipinski definition) is 14. The molecule has 0 aliphatic carbocycles. The third-order valence-corrected chi connectivity index (χ3v) is 8.24. The highest BCUT2D eigenvalue weighted by Crippen LogP contribution is 2.29. The van der Waals surface area contributed by atoms with Gasteiger partial charge >= 0.3 is 5.97 Å². The van der Waals surface area contributed by atoms with Gasteiger partial charge in [0.2, 0.25) is 0 Å². The molecule has 1 heterocycles. The standard InChI is InChI=1S/C36H40N2O12/c1-20(41)47-35-33(45)31(19-40)50-36(34(35)46)49-29(16-37-14-21-10-12-27(42)25-8-4-2-6-23(21)25)30(18-39)48-32(44)17-38-15-22-11-13-28(43)26-9-5-3-7-24(22)26/h2-15,29-36,39-40,42-46H,16-19H2,1H3/t29-,30+,31+,32-,33+,34+,35-,36+/m1/s1. The lowest BCUT2D eigenvalue weighted by molar-refractivity contribution is -0.322. The molecule has 1 aliphatic heterocycles. The monoisotopic (exact) mass is 692 g/mol. The van der Waals surface area contributed by atoms with Gasteiger partial charge in [-0.1, -0.05) is 48.5 Å². The second-order valence-electron chi connectivity index (χ2n) is 11.7. The van der Waals surface area contributed by atoms with Gasteiger partial charge in [0.05, 0.1) is 26.3 Å². The van der Waals surface area contributed by atoms with Crippen LogP contribution < -0.4 is 0 Å². The lowest BCUT2D eigenvalue weighted by Gasteiger charge is -2.42. The highest BCUT2D eigenvalue weighted by atomic mass is 16.7. The number of aliphatic hydroxyl groups excluding tert-OH is 5. The molecular weight excluding hydrogens is 652 g/mol. The van der Waals surface area contributed by atoms with Crippen molar-refractivity contribution < 1.29 is 59.5 Å². The van der Waals surface area contributed by atoms with Crippen molar-refractivity contribution in [3.8, 4) is 11.5 Å². The van der Waals surface area contributed by atoms with E-state index in [1.165, 1.54) is 24.6 Å². The van der Waals surface area contributed by atoms with E-state index in [1.54, 1.807) is 36.4 Å². The SMILES string of the molecule is CC(=O)O[C@H]1[C@H](O)[C@@H](O[C@H](CN=Cc2ccc(O)c3ccccc23)[C@H](CO)O[C@@H](O)CN=Cc2ccc(O)c3ccccc23)O[C@@H](CO)[C@@H]1O. The molecule has 1 saturated heterocycles. The Morgan fingerprint density at radius 2 is 1.34 bits per heavy atom. The second kappa shape index (κ2) is 16.9. The zero-order chi connectivity index (χ0) is 35.8. The van der Waals surface area contributed by atoms with E-state index in [-0.39, 0.29) is 24.6 Å². The fourth-order valence-electron chi connectivity index (χ4n) is 5.74. The minimum atomic E-state index is -1.72. The number of hydrogen-bond donors (Lipinski definition) is 7. The van der Waals surface area contributed by atoms with Gasteiger partial charge in [-0.05, 0) is 35.0 Å². The van der Waals surface area contributed by atoms with Crippen molar-refractivity contribution in [3.63, 3.8) is 0 Å². The molecule has 0 unspecified atom stereocenters. The molecule has 14 heteroatoms. The minimum Gasteiger partial charge on any atom is -0.507 e. The number of aliphatic hydroxyl groups is 5. The Bertz CT molecular complexity index is 1820. The highest BCUT2D eigenvalue weighted by molar-refractivity contribution is 6.03. The zero-order valence-corrected chi connectivity index (χ0v) is 27.1. The van der Waals surface area contributed by atoms with Gasteiger partial charge in [-0.3, -0.25) is 14.8 Å². The number of esters is 1. The molecule has 0 bridgehead atoms. The van der Waals surface area contributed by atoms with Gasteiger partial charge in [-0.25, -0.2) is 0 Å². The van der Waals surface area contributed by atoms with E-state index in [0.717, 1.165) is 12.3 Å². The van der Waals surface area contributed by atoms with Crippen molar-refractivity contribution in [2.45, 2.75) is 56.1 Å². The zero-order valence-electron chi connectivity index (χ0n) is 27.1. The summed E-state index contributed by atoms with van der Waals surface area (Å²) in [5.41, 5.74) is 1.34.